The first kappa shape index (κ1) is 16.0. The minimum Gasteiger partial charge on any atom is -0.465 e. The summed E-state index contributed by atoms with van der Waals surface area (Å²) >= 11 is 3.54. The standard InChI is InChI=1S/C14H21BrN2O2/c1-6-14(5,13(18)19-8-3)9-11-12(15)10(4)16-17(11)7-2/h6H,1,7-9H2,2-5H3. The Morgan fingerprint density at radius 3 is 2.68 bits per heavy atom. The normalized spacial score (nSPS) is 13.9. The van der Waals surface area contributed by atoms with Crippen molar-refractivity contribution in [2.24, 2.45) is 5.41 Å². The lowest BCUT2D eigenvalue weighted by molar-refractivity contribution is -0.151. The van der Waals surface area contributed by atoms with E-state index in [2.05, 4.69) is 27.6 Å². The zero-order valence-corrected chi connectivity index (χ0v) is 13.6. The lowest BCUT2D eigenvalue weighted by Gasteiger charge is -2.23. The third kappa shape index (κ3) is 3.26. The monoisotopic (exact) mass is 328 g/mol. The molecule has 19 heavy (non-hydrogen) atoms. The average Bonchev–Trinajstić information content (AvgIpc) is 2.66. The van der Waals surface area contributed by atoms with Crippen LogP contribution < -0.4 is 0 Å². The van der Waals surface area contributed by atoms with Crippen molar-refractivity contribution in [1.29, 1.82) is 0 Å². The third-order valence-corrected chi connectivity index (χ3v) is 4.21. The highest BCUT2D eigenvalue weighted by Gasteiger charge is 2.34. The van der Waals surface area contributed by atoms with Crippen LogP contribution in [-0.2, 0) is 22.5 Å². The Balaban J connectivity index is 3.11. The predicted molar refractivity (Wildman–Crippen MR) is 79.0 cm³/mol. The molecule has 0 aliphatic carbocycles. The fourth-order valence-electron chi connectivity index (χ4n) is 1.91. The highest BCUT2D eigenvalue weighted by molar-refractivity contribution is 9.10. The molecule has 5 heteroatoms. The Hall–Kier alpha value is -1.10. The molecule has 0 N–H and O–H groups in total. The molecule has 1 heterocycles. The van der Waals surface area contributed by atoms with Crippen molar-refractivity contribution in [2.75, 3.05) is 6.61 Å². The molecular formula is C14H21BrN2O2. The summed E-state index contributed by atoms with van der Waals surface area (Å²) < 4.78 is 7.99. The summed E-state index contributed by atoms with van der Waals surface area (Å²) in [6, 6.07) is 0. The summed E-state index contributed by atoms with van der Waals surface area (Å²) in [6.07, 6.45) is 2.17. The van der Waals surface area contributed by atoms with Crippen molar-refractivity contribution >= 4 is 21.9 Å². The van der Waals surface area contributed by atoms with Crippen LogP contribution in [0, 0.1) is 12.3 Å². The van der Waals surface area contributed by atoms with Gasteiger partial charge in [0.05, 0.1) is 27.9 Å². The van der Waals surface area contributed by atoms with Crippen molar-refractivity contribution in [2.45, 2.75) is 40.7 Å². The Morgan fingerprint density at radius 1 is 1.58 bits per heavy atom. The number of nitrogens with zero attached hydrogens (tertiary/aromatic N) is 2. The fraction of sp³-hybridized carbons (Fsp3) is 0.571. The van der Waals surface area contributed by atoms with Gasteiger partial charge < -0.3 is 4.74 Å². The molecule has 0 aromatic carbocycles. The van der Waals surface area contributed by atoms with Crippen LogP contribution in [0.1, 0.15) is 32.2 Å². The molecule has 1 unspecified atom stereocenters. The van der Waals surface area contributed by atoms with Crippen LogP contribution in [0.3, 0.4) is 0 Å². The van der Waals surface area contributed by atoms with E-state index < -0.39 is 5.41 Å². The quantitative estimate of drug-likeness (QED) is 0.594. The molecule has 0 amide bonds. The van der Waals surface area contributed by atoms with E-state index in [0.717, 1.165) is 22.4 Å². The lowest BCUT2D eigenvalue weighted by Crippen LogP contribution is -2.31. The van der Waals surface area contributed by atoms with Gasteiger partial charge in [0.2, 0.25) is 0 Å². The summed E-state index contributed by atoms with van der Waals surface area (Å²) in [6.45, 7) is 12.5. The van der Waals surface area contributed by atoms with Crippen molar-refractivity contribution in [3.05, 3.63) is 28.5 Å². The second-order valence-corrected chi connectivity index (χ2v) is 5.47. The van der Waals surface area contributed by atoms with Gasteiger partial charge in [-0.25, -0.2) is 0 Å². The van der Waals surface area contributed by atoms with Crippen LogP contribution in [0.15, 0.2) is 17.1 Å². The molecule has 0 radical (unpaired) electrons. The highest BCUT2D eigenvalue weighted by atomic mass is 79.9. The molecule has 0 saturated carbocycles. The fourth-order valence-corrected chi connectivity index (χ4v) is 2.33. The van der Waals surface area contributed by atoms with Gasteiger partial charge in [-0.3, -0.25) is 9.48 Å². The zero-order valence-electron chi connectivity index (χ0n) is 12.0. The number of carbonyl (C=O) groups excluding carboxylic acids is 1. The molecule has 0 spiro atoms. The van der Waals surface area contributed by atoms with E-state index in [9.17, 15) is 4.79 Å². The van der Waals surface area contributed by atoms with Crippen LogP contribution in [-0.4, -0.2) is 22.4 Å². The number of ether oxygens (including phenoxy) is 1. The SMILES string of the molecule is C=CC(C)(Cc1c(Br)c(C)nn1CC)C(=O)OCC. The molecule has 0 aliphatic rings. The molecule has 0 bridgehead atoms. The van der Waals surface area contributed by atoms with Crippen molar-refractivity contribution in [1.82, 2.24) is 9.78 Å². The molecule has 0 saturated heterocycles. The van der Waals surface area contributed by atoms with Gasteiger partial charge in [-0.15, -0.1) is 6.58 Å². The highest BCUT2D eigenvalue weighted by Crippen LogP contribution is 2.31. The zero-order chi connectivity index (χ0) is 14.6. The first-order valence-electron chi connectivity index (χ1n) is 6.42. The summed E-state index contributed by atoms with van der Waals surface area (Å²) in [5.41, 5.74) is 1.18. The molecule has 1 rings (SSSR count). The summed E-state index contributed by atoms with van der Waals surface area (Å²) in [5.74, 6) is -0.251. The maximum absolute atomic E-state index is 12.1. The number of hydrogen-bond acceptors (Lipinski definition) is 3. The van der Waals surface area contributed by atoms with E-state index >= 15 is 0 Å². The van der Waals surface area contributed by atoms with Gasteiger partial charge in [-0.1, -0.05) is 6.08 Å². The minimum absolute atomic E-state index is 0.251. The van der Waals surface area contributed by atoms with Crippen molar-refractivity contribution < 1.29 is 9.53 Å². The number of carbonyl (C=O) groups is 1. The van der Waals surface area contributed by atoms with Gasteiger partial charge in [0.15, 0.2) is 0 Å². The summed E-state index contributed by atoms with van der Waals surface area (Å²) in [7, 11) is 0. The summed E-state index contributed by atoms with van der Waals surface area (Å²) in [4.78, 5) is 12.1. The van der Waals surface area contributed by atoms with Crippen LogP contribution in [0.2, 0.25) is 0 Å². The molecule has 1 atom stereocenters. The Bertz CT molecular complexity index is 482. The first-order valence-corrected chi connectivity index (χ1v) is 7.21. The van der Waals surface area contributed by atoms with E-state index in [4.69, 9.17) is 4.74 Å². The number of hydrogen-bond donors (Lipinski definition) is 0. The van der Waals surface area contributed by atoms with E-state index in [1.807, 2.05) is 25.5 Å². The number of rotatable bonds is 6. The van der Waals surface area contributed by atoms with Gasteiger partial charge >= 0.3 is 5.97 Å². The van der Waals surface area contributed by atoms with E-state index in [-0.39, 0.29) is 5.97 Å². The molecule has 0 fully saturated rings. The van der Waals surface area contributed by atoms with Gasteiger partial charge in [0.25, 0.3) is 0 Å². The maximum atomic E-state index is 12.1. The largest absolute Gasteiger partial charge is 0.465 e. The Kier molecular flexibility index (Phi) is 5.35. The number of halogens is 1. The van der Waals surface area contributed by atoms with Crippen LogP contribution in [0.25, 0.3) is 0 Å². The maximum Gasteiger partial charge on any atom is 0.316 e. The van der Waals surface area contributed by atoms with E-state index in [1.54, 1.807) is 13.0 Å². The molecular weight excluding hydrogens is 308 g/mol. The van der Waals surface area contributed by atoms with Crippen molar-refractivity contribution in [3.63, 3.8) is 0 Å². The molecule has 0 aliphatic heterocycles. The minimum atomic E-state index is -0.738. The molecule has 106 valence electrons. The summed E-state index contributed by atoms with van der Waals surface area (Å²) in [5, 5.41) is 4.44. The average molecular weight is 329 g/mol. The second kappa shape index (κ2) is 6.37. The number of aromatic nitrogens is 2. The van der Waals surface area contributed by atoms with Crippen LogP contribution >= 0.6 is 15.9 Å². The van der Waals surface area contributed by atoms with Crippen molar-refractivity contribution in [3.8, 4) is 0 Å². The third-order valence-electron chi connectivity index (χ3n) is 3.18. The molecule has 1 aromatic heterocycles. The van der Waals surface area contributed by atoms with Gasteiger partial charge in [-0.2, -0.15) is 5.10 Å². The molecule has 4 nitrogen and oxygen atoms in total. The van der Waals surface area contributed by atoms with Gasteiger partial charge in [0, 0.05) is 13.0 Å². The van der Waals surface area contributed by atoms with Gasteiger partial charge in [0.1, 0.15) is 0 Å². The van der Waals surface area contributed by atoms with Crippen LogP contribution in [0.4, 0.5) is 0 Å². The number of esters is 1. The Morgan fingerprint density at radius 2 is 2.21 bits per heavy atom. The Labute approximate surface area is 123 Å². The predicted octanol–water partition coefficient (Wildman–Crippen LogP) is 3.27. The van der Waals surface area contributed by atoms with E-state index in [0.29, 0.717) is 13.0 Å². The second-order valence-electron chi connectivity index (χ2n) is 4.68. The van der Waals surface area contributed by atoms with E-state index in [1.165, 1.54) is 0 Å². The smallest absolute Gasteiger partial charge is 0.316 e. The number of aryl methyl sites for hydroxylation is 2. The van der Waals surface area contributed by atoms with Gasteiger partial charge in [-0.05, 0) is 43.6 Å². The topological polar surface area (TPSA) is 44.1 Å². The molecule has 1 aromatic rings. The lowest BCUT2D eigenvalue weighted by atomic mass is 9.85. The van der Waals surface area contributed by atoms with Crippen LogP contribution in [0.5, 0.6) is 0 Å². The first-order chi connectivity index (χ1) is 8.89.